The van der Waals surface area contributed by atoms with E-state index in [1.165, 1.54) is 18.2 Å². The molecular formula is C22H15ClN4O3. The predicted octanol–water partition coefficient (Wildman–Crippen LogP) is 6.07. The fourth-order valence-electron chi connectivity index (χ4n) is 3.08. The maximum atomic E-state index is 11.0. The molecule has 0 saturated heterocycles. The van der Waals surface area contributed by atoms with Crippen molar-refractivity contribution in [3.05, 3.63) is 80.3 Å². The van der Waals surface area contributed by atoms with Gasteiger partial charge in [-0.3, -0.25) is 10.1 Å². The number of aryl methyl sites for hydroxylation is 2. The Balaban J connectivity index is 1.72. The molecule has 148 valence electrons. The molecule has 4 rings (SSSR count). The minimum Gasteiger partial charge on any atom is -0.457 e. The highest BCUT2D eigenvalue weighted by molar-refractivity contribution is 6.33. The lowest BCUT2D eigenvalue weighted by Gasteiger charge is -2.00. The first-order chi connectivity index (χ1) is 14.4. The van der Waals surface area contributed by atoms with Crippen LogP contribution < -0.4 is 0 Å². The third-order valence-electron chi connectivity index (χ3n) is 4.81. The van der Waals surface area contributed by atoms with E-state index in [-0.39, 0.29) is 5.69 Å². The highest BCUT2D eigenvalue weighted by atomic mass is 35.5. The number of nitrogens with one attached hydrogen (secondary N) is 1. The SMILES string of the molecule is Cc1cc2nc(C(C#N)=Cc3ccc(-c4cc([N+](=O)[O-])ccc4Cl)o3)[nH]c2cc1C. The smallest absolute Gasteiger partial charge is 0.270 e. The van der Waals surface area contributed by atoms with E-state index in [0.717, 1.165) is 22.2 Å². The molecule has 2 heterocycles. The van der Waals surface area contributed by atoms with E-state index in [1.807, 2.05) is 26.0 Å². The van der Waals surface area contributed by atoms with E-state index in [0.29, 0.717) is 33.5 Å². The molecule has 8 heteroatoms. The molecule has 7 nitrogen and oxygen atoms in total. The minimum atomic E-state index is -0.498. The van der Waals surface area contributed by atoms with Crippen molar-refractivity contribution >= 4 is 40.0 Å². The number of allylic oxidation sites excluding steroid dienone is 1. The molecule has 0 amide bonds. The van der Waals surface area contributed by atoms with Crippen molar-refractivity contribution in [3.8, 4) is 17.4 Å². The van der Waals surface area contributed by atoms with Crippen LogP contribution in [-0.4, -0.2) is 14.9 Å². The number of benzene rings is 2. The van der Waals surface area contributed by atoms with Crippen LogP contribution in [0.5, 0.6) is 0 Å². The second-order valence-electron chi connectivity index (χ2n) is 6.83. The molecule has 0 aliphatic carbocycles. The second kappa shape index (κ2) is 7.50. The van der Waals surface area contributed by atoms with Crippen LogP contribution in [0.1, 0.15) is 22.7 Å². The molecule has 4 aromatic rings. The minimum absolute atomic E-state index is 0.0894. The van der Waals surface area contributed by atoms with Crippen molar-refractivity contribution in [2.24, 2.45) is 0 Å². The van der Waals surface area contributed by atoms with Crippen LogP contribution in [0.4, 0.5) is 5.69 Å². The van der Waals surface area contributed by atoms with Gasteiger partial charge in [-0.1, -0.05) is 11.6 Å². The number of imidazole rings is 1. The first-order valence-electron chi connectivity index (χ1n) is 8.99. The number of aromatic amines is 1. The number of aromatic nitrogens is 2. The Hall–Kier alpha value is -3.89. The van der Waals surface area contributed by atoms with Crippen LogP contribution in [0.3, 0.4) is 0 Å². The van der Waals surface area contributed by atoms with E-state index in [2.05, 4.69) is 16.0 Å². The number of non-ortho nitro benzene ring substituents is 1. The first kappa shape index (κ1) is 19.4. The van der Waals surface area contributed by atoms with E-state index in [4.69, 9.17) is 16.0 Å². The van der Waals surface area contributed by atoms with E-state index >= 15 is 0 Å². The molecule has 0 radical (unpaired) electrons. The quantitative estimate of drug-likeness (QED) is 0.246. The molecule has 0 fully saturated rings. The van der Waals surface area contributed by atoms with Crippen molar-refractivity contribution in [2.45, 2.75) is 13.8 Å². The number of halogens is 1. The number of H-pyrrole nitrogens is 1. The van der Waals surface area contributed by atoms with Gasteiger partial charge in [0.2, 0.25) is 0 Å². The van der Waals surface area contributed by atoms with Crippen LogP contribution in [0.25, 0.3) is 34.0 Å². The molecule has 2 aromatic heterocycles. The van der Waals surface area contributed by atoms with E-state index < -0.39 is 4.92 Å². The number of nitro groups is 1. The Morgan fingerprint density at radius 3 is 2.73 bits per heavy atom. The van der Waals surface area contributed by atoms with Gasteiger partial charge in [0.25, 0.3) is 5.69 Å². The monoisotopic (exact) mass is 418 g/mol. The fourth-order valence-corrected chi connectivity index (χ4v) is 3.29. The number of rotatable bonds is 4. The van der Waals surface area contributed by atoms with Gasteiger partial charge in [0.05, 0.1) is 26.6 Å². The van der Waals surface area contributed by atoms with Gasteiger partial charge in [-0.2, -0.15) is 5.26 Å². The van der Waals surface area contributed by atoms with E-state index in [9.17, 15) is 15.4 Å². The summed E-state index contributed by atoms with van der Waals surface area (Å²) in [5, 5.41) is 21.0. The van der Waals surface area contributed by atoms with Gasteiger partial charge < -0.3 is 9.40 Å². The van der Waals surface area contributed by atoms with Gasteiger partial charge in [-0.05, 0) is 55.3 Å². The molecule has 2 aromatic carbocycles. The summed E-state index contributed by atoms with van der Waals surface area (Å²) in [5.41, 5.74) is 4.48. The van der Waals surface area contributed by atoms with Crippen molar-refractivity contribution < 1.29 is 9.34 Å². The largest absolute Gasteiger partial charge is 0.457 e. The van der Waals surface area contributed by atoms with Crippen LogP contribution in [0, 0.1) is 35.3 Å². The first-order valence-corrected chi connectivity index (χ1v) is 9.37. The molecule has 0 spiro atoms. The average molecular weight is 419 g/mol. The highest BCUT2D eigenvalue weighted by Crippen LogP contribution is 2.33. The van der Waals surface area contributed by atoms with Gasteiger partial charge in [0.1, 0.15) is 23.4 Å². The maximum Gasteiger partial charge on any atom is 0.270 e. The summed E-state index contributed by atoms with van der Waals surface area (Å²) in [6.07, 6.45) is 1.56. The second-order valence-corrected chi connectivity index (χ2v) is 7.24. The zero-order valence-electron chi connectivity index (χ0n) is 16.1. The highest BCUT2D eigenvalue weighted by Gasteiger charge is 2.15. The molecule has 1 N–H and O–H groups in total. The Labute approximate surface area is 176 Å². The van der Waals surface area contributed by atoms with Gasteiger partial charge in [-0.15, -0.1) is 0 Å². The van der Waals surface area contributed by atoms with Gasteiger partial charge in [0.15, 0.2) is 0 Å². The lowest BCUT2D eigenvalue weighted by Crippen LogP contribution is -1.88. The Bertz CT molecular complexity index is 1340. The molecule has 0 bridgehead atoms. The Kier molecular flexibility index (Phi) is 4.86. The van der Waals surface area contributed by atoms with Gasteiger partial charge in [0, 0.05) is 23.8 Å². The molecule has 0 aliphatic rings. The van der Waals surface area contributed by atoms with Crippen molar-refractivity contribution in [3.63, 3.8) is 0 Å². The van der Waals surface area contributed by atoms with Crippen molar-refractivity contribution in [1.29, 1.82) is 5.26 Å². The van der Waals surface area contributed by atoms with Crippen LogP contribution in [0.2, 0.25) is 5.02 Å². The number of hydrogen-bond acceptors (Lipinski definition) is 5. The lowest BCUT2D eigenvalue weighted by atomic mass is 10.1. The molecule has 0 atom stereocenters. The summed E-state index contributed by atoms with van der Waals surface area (Å²) in [4.78, 5) is 18.2. The van der Waals surface area contributed by atoms with Crippen molar-refractivity contribution in [1.82, 2.24) is 9.97 Å². The molecule has 0 saturated carbocycles. The number of hydrogen-bond donors (Lipinski definition) is 1. The molecule has 30 heavy (non-hydrogen) atoms. The normalized spacial score (nSPS) is 11.6. The average Bonchev–Trinajstić information content (AvgIpc) is 3.33. The zero-order valence-corrected chi connectivity index (χ0v) is 16.8. The summed E-state index contributed by atoms with van der Waals surface area (Å²) >= 11 is 6.18. The summed E-state index contributed by atoms with van der Waals surface area (Å²) < 4.78 is 5.78. The third kappa shape index (κ3) is 3.56. The fraction of sp³-hybridized carbons (Fsp3) is 0.0909. The number of fused-ring (bicyclic) bond motifs is 1. The molecule has 0 unspecified atom stereocenters. The van der Waals surface area contributed by atoms with Gasteiger partial charge in [-0.25, -0.2) is 4.98 Å². The predicted molar refractivity (Wildman–Crippen MR) is 115 cm³/mol. The van der Waals surface area contributed by atoms with Crippen LogP contribution in [0.15, 0.2) is 46.9 Å². The Morgan fingerprint density at radius 1 is 1.23 bits per heavy atom. The third-order valence-corrected chi connectivity index (χ3v) is 5.14. The number of furan rings is 1. The maximum absolute atomic E-state index is 11.0. The lowest BCUT2D eigenvalue weighted by molar-refractivity contribution is -0.384. The topological polar surface area (TPSA) is 109 Å². The van der Waals surface area contributed by atoms with Crippen LogP contribution in [-0.2, 0) is 0 Å². The number of nitro benzene ring substituents is 1. The summed E-state index contributed by atoms with van der Waals surface area (Å²) in [6, 6.07) is 13.5. The molecule has 0 aliphatic heterocycles. The number of nitrogens with zero attached hydrogens (tertiary/aromatic N) is 3. The van der Waals surface area contributed by atoms with Crippen LogP contribution >= 0.6 is 11.6 Å². The summed E-state index contributed by atoms with van der Waals surface area (Å²) in [7, 11) is 0. The van der Waals surface area contributed by atoms with E-state index in [1.54, 1.807) is 18.2 Å². The zero-order chi connectivity index (χ0) is 21.4. The number of nitriles is 1. The Morgan fingerprint density at radius 2 is 2.00 bits per heavy atom. The summed E-state index contributed by atoms with van der Waals surface area (Å²) in [5.74, 6) is 1.20. The van der Waals surface area contributed by atoms with Crippen molar-refractivity contribution in [2.75, 3.05) is 0 Å². The standard InChI is InChI=1S/C22H15ClN4O3/c1-12-7-19-20(8-13(12)2)26-22(25-19)14(11-24)9-16-4-6-21(30-16)17-10-15(27(28)29)3-5-18(17)23/h3-10H,1-2H3,(H,25,26). The summed E-state index contributed by atoms with van der Waals surface area (Å²) in [6.45, 7) is 4.02. The van der Waals surface area contributed by atoms with Gasteiger partial charge >= 0.3 is 0 Å². The molecular weight excluding hydrogens is 404 g/mol.